The molecule has 1 heterocycles. The molecule has 1 atom stereocenters. The van der Waals surface area contributed by atoms with Gasteiger partial charge in [0.15, 0.2) is 11.0 Å². The molecule has 140 valence electrons. The van der Waals surface area contributed by atoms with Crippen LogP contribution in [0.25, 0.3) is 11.4 Å². The number of carbonyl (C=O) groups is 1. The number of thioether (sulfide) groups is 1. The average molecular weight is 382 g/mol. The van der Waals surface area contributed by atoms with Crippen LogP contribution in [0.4, 0.5) is 5.69 Å². The van der Waals surface area contributed by atoms with Crippen LogP contribution in [0.3, 0.4) is 0 Å². The van der Waals surface area contributed by atoms with Gasteiger partial charge in [-0.05, 0) is 38.1 Å². The van der Waals surface area contributed by atoms with E-state index in [4.69, 9.17) is 4.74 Å². The number of rotatable bonds is 7. The first kappa shape index (κ1) is 19.0. The Morgan fingerprint density at radius 3 is 2.52 bits per heavy atom. The third kappa shape index (κ3) is 4.68. The third-order valence-corrected chi connectivity index (χ3v) is 5.09. The van der Waals surface area contributed by atoms with Crippen molar-refractivity contribution in [3.05, 3.63) is 54.6 Å². The van der Waals surface area contributed by atoms with Crippen molar-refractivity contribution in [1.29, 1.82) is 0 Å². The Hall–Kier alpha value is -2.80. The molecule has 0 aliphatic rings. The largest absolute Gasteiger partial charge is 0.494 e. The monoisotopic (exact) mass is 382 g/mol. The fraction of sp³-hybridized carbons (Fsp3) is 0.250. The molecule has 1 amide bonds. The molecule has 1 N–H and O–H groups in total. The minimum absolute atomic E-state index is 0.0894. The van der Waals surface area contributed by atoms with Crippen LogP contribution in [0.1, 0.15) is 13.8 Å². The van der Waals surface area contributed by atoms with E-state index in [1.807, 2.05) is 80.1 Å². The second kappa shape index (κ2) is 8.73. The molecular formula is C20H22N4O2S. The number of amides is 1. The van der Waals surface area contributed by atoms with Crippen molar-refractivity contribution in [3.63, 3.8) is 0 Å². The van der Waals surface area contributed by atoms with E-state index < -0.39 is 0 Å². The highest BCUT2D eigenvalue weighted by molar-refractivity contribution is 8.00. The first-order valence-corrected chi connectivity index (χ1v) is 9.61. The molecule has 0 fully saturated rings. The van der Waals surface area contributed by atoms with E-state index in [2.05, 4.69) is 15.5 Å². The fourth-order valence-electron chi connectivity index (χ4n) is 2.51. The number of carbonyl (C=O) groups excluding carboxylic acids is 1. The minimum atomic E-state index is -0.317. The highest BCUT2D eigenvalue weighted by Gasteiger charge is 2.19. The summed E-state index contributed by atoms with van der Waals surface area (Å²) in [6.45, 7) is 4.40. The number of hydrogen-bond acceptors (Lipinski definition) is 5. The Balaban J connectivity index is 1.64. The number of hydrogen-bond donors (Lipinski definition) is 1. The van der Waals surface area contributed by atoms with Crippen LogP contribution in [0, 0.1) is 0 Å². The molecule has 0 saturated heterocycles. The Morgan fingerprint density at radius 1 is 1.15 bits per heavy atom. The molecular weight excluding hydrogens is 360 g/mol. The summed E-state index contributed by atoms with van der Waals surface area (Å²) in [6.07, 6.45) is 0. The van der Waals surface area contributed by atoms with Crippen molar-refractivity contribution >= 4 is 23.4 Å². The zero-order valence-electron chi connectivity index (χ0n) is 15.5. The lowest BCUT2D eigenvalue weighted by atomic mass is 10.2. The predicted octanol–water partition coefficient (Wildman–Crippen LogP) is 4.00. The van der Waals surface area contributed by atoms with Crippen molar-refractivity contribution in [3.8, 4) is 17.1 Å². The maximum atomic E-state index is 12.5. The summed E-state index contributed by atoms with van der Waals surface area (Å²) in [5.41, 5.74) is 1.73. The molecule has 0 radical (unpaired) electrons. The molecule has 0 spiro atoms. The van der Waals surface area contributed by atoms with Crippen LogP contribution >= 0.6 is 11.8 Å². The Bertz CT molecular complexity index is 894. The van der Waals surface area contributed by atoms with Crippen LogP contribution in [-0.4, -0.2) is 32.5 Å². The zero-order valence-corrected chi connectivity index (χ0v) is 16.4. The first-order valence-electron chi connectivity index (χ1n) is 8.73. The molecule has 0 aliphatic heterocycles. The molecule has 6 nitrogen and oxygen atoms in total. The molecule has 2 aromatic carbocycles. The summed E-state index contributed by atoms with van der Waals surface area (Å²) in [5.74, 6) is 1.47. The van der Waals surface area contributed by atoms with Crippen molar-refractivity contribution < 1.29 is 9.53 Å². The molecule has 0 saturated carbocycles. The van der Waals surface area contributed by atoms with Gasteiger partial charge in [0, 0.05) is 18.3 Å². The lowest BCUT2D eigenvalue weighted by Crippen LogP contribution is -2.22. The zero-order chi connectivity index (χ0) is 19.2. The van der Waals surface area contributed by atoms with Gasteiger partial charge in [-0.25, -0.2) is 0 Å². The van der Waals surface area contributed by atoms with Crippen LogP contribution in [-0.2, 0) is 11.8 Å². The van der Waals surface area contributed by atoms with Gasteiger partial charge in [0.2, 0.25) is 5.91 Å². The van der Waals surface area contributed by atoms with Crippen molar-refractivity contribution in [2.45, 2.75) is 24.3 Å². The number of ether oxygens (including phenoxy) is 1. The van der Waals surface area contributed by atoms with E-state index in [9.17, 15) is 4.79 Å². The maximum absolute atomic E-state index is 12.5. The SMILES string of the molecule is CCOc1ccc(NC(=O)[C@H](C)Sc2nnc(-c3ccccc3)n2C)cc1. The second-order valence-electron chi connectivity index (χ2n) is 5.94. The molecule has 3 rings (SSSR count). The Kier molecular flexibility index (Phi) is 6.13. The number of aromatic nitrogens is 3. The lowest BCUT2D eigenvalue weighted by molar-refractivity contribution is -0.115. The van der Waals surface area contributed by atoms with E-state index >= 15 is 0 Å². The van der Waals surface area contributed by atoms with E-state index in [1.165, 1.54) is 11.8 Å². The molecule has 7 heteroatoms. The highest BCUT2D eigenvalue weighted by atomic mass is 32.2. The molecule has 0 bridgehead atoms. The second-order valence-corrected chi connectivity index (χ2v) is 7.25. The number of nitrogens with zero attached hydrogens (tertiary/aromatic N) is 3. The van der Waals surface area contributed by atoms with Gasteiger partial charge in [-0.2, -0.15) is 0 Å². The number of benzene rings is 2. The van der Waals surface area contributed by atoms with Crippen molar-refractivity contribution in [1.82, 2.24) is 14.8 Å². The van der Waals surface area contributed by atoms with Gasteiger partial charge in [0.1, 0.15) is 5.75 Å². The Morgan fingerprint density at radius 2 is 1.85 bits per heavy atom. The van der Waals surface area contributed by atoms with Crippen LogP contribution in [0.2, 0.25) is 0 Å². The van der Waals surface area contributed by atoms with E-state index in [0.717, 1.165) is 22.8 Å². The average Bonchev–Trinajstić information content (AvgIpc) is 3.04. The van der Waals surface area contributed by atoms with Crippen LogP contribution in [0.15, 0.2) is 59.8 Å². The molecule has 27 heavy (non-hydrogen) atoms. The topological polar surface area (TPSA) is 69.0 Å². The fourth-order valence-corrected chi connectivity index (χ4v) is 3.33. The van der Waals surface area contributed by atoms with Gasteiger partial charge in [-0.15, -0.1) is 10.2 Å². The summed E-state index contributed by atoms with van der Waals surface area (Å²) < 4.78 is 7.31. The maximum Gasteiger partial charge on any atom is 0.237 e. The normalized spacial score (nSPS) is 11.8. The number of anilines is 1. The van der Waals surface area contributed by atoms with Crippen LogP contribution in [0.5, 0.6) is 5.75 Å². The third-order valence-electron chi connectivity index (χ3n) is 3.95. The Labute approximate surface area is 163 Å². The van der Waals surface area contributed by atoms with Crippen molar-refractivity contribution in [2.24, 2.45) is 7.05 Å². The standard InChI is InChI=1S/C20H22N4O2S/c1-4-26-17-12-10-16(11-13-17)21-19(25)14(2)27-20-23-22-18(24(20)3)15-8-6-5-7-9-15/h5-14H,4H2,1-3H3,(H,21,25)/t14-/m0/s1. The van der Waals surface area contributed by atoms with E-state index in [0.29, 0.717) is 11.8 Å². The van der Waals surface area contributed by atoms with Gasteiger partial charge in [0.25, 0.3) is 0 Å². The molecule has 1 aromatic heterocycles. The van der Waals surface area contributed by atoms with Gasteiger partial charge < -0.3 is 14.6 Å². The van der Waals surface area contributed by atoms with Gasteiger partial charge >= 0.3 is 0 Å². The summed E-state index contributed by atoms with van der Waals surface area (Å²) in [6, 6.07) is 17.2. The predicted molar refractivity (Wildman–Crippen MR) is 108 cm³/mol. The van der Waals surface area contributed by atoms with Gasteiger partial charge in [-0.3, -0.25) is 4.79 Å². The summed E-state index contributed by atoms with van der Waals surface area (Å²) in [7, 11) is 1.90. The summed E-state index contributed by atoms with van der Waals surface area (Å²) >= 11 is 1.38. The smallest absolute Gasteiger partial charge is 0.237 e. The minimum Gasteiger partial charge on any atom is -0.494 e. The summed E-state index contributed by atoms with van der Waals surface area (Å²) in [4.78, 5) is 12.5. The first-order chi connectivity index (χ1) is 13.1. The quantitative estimate of drug-likeness (QED) is 0.626. The van der Waals surface area contributed by atoms with Crippen molar-refractivity contribution in [2.75, 3.05) is 11.9 Å². The van der Waals surface area contributed by atoms with E-state index in [-0.39, 0.29) is 11.2 Å². The van der Waals surface area contributed by atoms with Crippen LogP contribution < -0.4 is 10.1 Å². The van der Waals surface area contributed by atoms with E-state index in [1.54, 1.807) is 0 Å². The molecule has 0 aliphatic carbocycles. The highest BCUT2D eigenvalue weighted by Crippen LogP contribution is 2.26. The van der Waals surface area contributed by atoms with Gasteiger partial charge in [0.05, 0.1) is 11.9 Å². The van der Waals surface area contributed by atoms with Gasteiger partial charge in [-0.1, -0.05) is 42.1 Å². The lowest BCUT2D eigenvalue weighted by Gasteiger charge is -2.12. The molecule has 0 unspecified atom stereocenters. The summed E-state index contributed by atoms with van der Waals surface area (Å²) in [5, 5.41) is 11.8. The number of nitrogens with one attached hydrogen (secondary N) is 1. The molecule has 3 aromatic rings.